The number of benzene rings is 1. The Balaban J connectivity index is 2.97. The first kappa shape index (κ1) is 16.6. The van der Waals surface area contributed by atoms with E-state index in [2.05, 4.69) is 46.0 Å². The molecule has 0 amide bonds. The molecule has 0 N–H and O–H groups in total. The zero-order chi connectivity index (χ0) is 14.7. The molecule has 0 aromatic heterocycles. The minimum absolute atomic E-state index is 0.0621. The molecule has 0 radical (unpaired) electrons. The fraction of sp³-hybridized carbons (Fsp3) is 0.600. The van der Waals surface area contributed by atoms with Gasteiger partial charge < -0.3 is 4.43 Å². The van der Waals surface area contributed by atoms with Crippen molar-refractivity contribution in [2.45, 2.75) is 45.0 Å². The third-order valence-corrected chi connectivity index (χ3v) is 9.06. The number of hydrogen-bond acceptors (Lipinski definition) is 2. The molecule has 108 valence electrons. The van der Waals surface area contributed by atoms with Crippen LogP contribution < -0.4 is 0 Å². The van der Waals surface area contributed by atoms with Gasteiger partial charge in [0.1, 0.15) is 0 Å². The summed E-state index contributed by atoms with van der Waals surface area (Å²) in [5.41, 5.74) is 1.13. The first-order valence-electron chi connectivity index (χ1n) is 6.66. The lowest BCUT2D eigenvalue weighted by Gasteiger charge is -2.39. The smallest absolute Gasteiger partial charge is 0.192 e. The molecule has 19 heavy (non-hydrogen) atoms. The zero-order valence-electron chi connectivity index (χ0n) is 12.9. The monoisotopic (exact) mass is 298 g/mol. The molecule has 2 nitrogen and oxygen atoms in total. The summed E-state index contributed by atoms with van der Waals surface area (Å²) in [6.45, 7) is 11.2. The van der Waals surface area contributed by atoms with Crippen molar-refractivity contribution in [3.63, 3.8) is 0 Å². The summed E-state index contributed by atoms with van der Waals surface area (Å²) >= 11 is 0. The van der Waals surface area contributed by atoms with Gasteiger partial charge in [0.15, 0.2) is 8.32 Å². The summed E-state index contributed by atoms with van der Waals surface area (Å²) < 4.78 is 18.1. The van der Waals surface area contributed by atoms with Gasteiger partial charge in [-0.1, -0.05) is 51.1 Å². The molecule has 0 unspecified atom stereocenters. The summed E-state index contributed by atoms with van der Waals surface area (Å²) in [7, 11) is -2.71. The van der Waals surface area contributed by atoms with Crippen molar-refractivity contribution in [1.82, 2.24) is 0 Å². The molecular formula is C15H26O2SSi. The highest BCUT2D eigenvalue weighted by Gasteiger charge is 2.39. The van der Waals surface area contributed by atoms with E-state index in [0.29, 0.717) is 5.75 Å². The Morgan fingerprint density at radius 2 is 1.74 bits per heavy atom. The quantitative estimate of drug-likeness (QED) is 0.764. The molecule has 0 bridgehead atoms. The van der Waals surface area contributed by atoms with Crippen LogP contribution in [0, 0.1) is 0 Å². The van der Waals surface area contributed by atoms with Crippen LogP contribution in [0.5, 0.6) is 0 Å². The molecule has 2 atom stereocenters. The van der Waals surface area contributed by atoms with Crippen LogP contribution in [0.4, 0.5) is 0 Å². The van der Waals surface area contributed by atoms with E-state index in [1.807, 2.05) is 18.2 Å². The van der Waals surface area contributed by atoms with Gasteiger partial charge in [-0.05, 0) is 23.7 Å². The summed E-state index contributed by atoms with van der Waals surface area (Å²) in [5, 5.41) is 0.162. The molecule has 1 rings (SSSR count). The van der Waals surface area contributed by atoms with Gasteiger partial charge >= 0.3 is 0 Å². The van der Waals surface area contributed by atoms with Gasteiger partial charge in [-0.15, -0.1) is 0 Å². The topological polar surface area (TPSA) is 26.3 Å². The largest absolute Gasteiger partial charge is 0.409 e. The predicted octanol–water partition coefficient (Wildman–Crippen LogP) is 4.13. The van der Waals surface area contributed by atoms with Gasteiger partial charge in [0.05, 0.1) is 11.9 Å². The molecule has 1 aromatic rings. The molecule has 0 aliphatic heterocycles. The Labute approximate surface area is 121 Å². The second-order valence-electron chi connectivity index (χ2n) is 6.52. The maximum atomic E-state index is 11.6. The summed E-state index contributed by atoms with van der Waals surface area (Å²) in [6.07, 6.45) is 1.68. The van der Waals surface area contributed by atoms with Crippen molar-refractivity contribution in [2.75, 3.05) is 12.0 Å². The predicted molar refractivity (Wildman–Crippen MR) is 86.4 cm³/mol. The third-order valence-electron chi connectivity index (χ3n) is 3.80. The van der Waals surface area contributed by atoms with E-state index in [1.54, 1.807) is 6.26 Å². The van der Waals surface area contributed by atoms with Gasteiger partial charge in [-0.2, -0.15) is 0 Å². The normalized spacial score (nSPS) is 16.1. The molecule has 1 aromatic carbocycles. The van der Waals surface area contributed by atoms with E-state index in [0.717, 1.165) is 5.56 Å². The van der Waals surface area contributed by atoms with Crippen LogP contribution in [0.1, 0.15) is 32.4 Å². The Bertz CT molecular complexity index is 424. The van der Waals surface area contributed by atoms with E-state index < -0.39 is 19.1 Å². The maximum Gasteiger partial charge on any atom is 0.192 e. The van der Waals surface area contributed by atoms with Crippen LogP contribution in [0.25, 0.3) is 0 Å². The van der Waals surface area contributed by atoms with Gasteiger partial charge in [0.2, 0.25) is 0 Å². The van der Waals surface area contributed by atoms with Crippen LogP contribution in [-0.4, -0.2) is 24.5 Å². The van der Waals surface area contributed by atoms with E-state index in [1.165, 1.54) is 0 Å². The highest BCUT2D eigenvalue weighted by molar-refractivity contribution is 7.84. The molecular weight excluding hydrogens is 272 g/mol. The van der Waals surface area contributed by atoms with Crippen LogP contribution in [0.3, 0.4) is 0 Å². The number of rotatable bonds is 5. The molecule has 0 aliphatic rings. The van der Waals surface area contributed by atoms with Gasteiger partial charge in [0, 0.05) is 17.1 Å². The van der Waals surface area contributed by atoms with E-state index in [-0.39, 0.29) is 11.1 Å². The lowest BCUT2D eigenvalue weighted by atomic mass is 10.1. The second-order valence-corrected chi connectivity index (χ2v) is 12.8. The minimum Gasteiger partial charge on any atom is -0.409 e. The molecule has 0 aliphatic carbocycles. The van der Waals surface area contributed by atoms with Crippen LogP contribution in [0.15, 0.2) is 30.3 Å². The van der Waals surface area contributed by atoms with Crippen molar-refractivity contribution in [3.05, 3.63) is 35.9 Å². The molecule has 0 saturated heterocycles. The van der Waals surface area contributed by atoms with E-state index in [4.69, 9.17) is 4.43 Å². The molecule has 0 spiro atoms. The third kappa shape index (κ3) is 4.86. The van der Waals surface area contributed by atoms with Crippen molar-refractivity contribution in [3.8, 4) is 0 Å². The highest BCUT2D eigenvalue weighted by Crippen LogP contribution is 2.39. The Morgan fingerprint density at radius 1 is 1.21 bits per heavy atom. The average molecular weight is 299 g/mol. The van der Waals surface area contributed by atoms with E-state index in [9.17, 15) is 4.21 Å². The van der Waals surface area contributed by atoms with Gasteiger partial charge in [-0.25, -0.2) is 0 Å². The molecule has 0 saturated carbocycles. The Kier molecular flexibility index (Phi) is 5.53. The highest BCUT2D eigenvalue weighted by atomic mass is 32.2. The Hall–Kier alpha value is -0.453. The average Bonchev–Trinajstić information content (AvgIpc) is 2.27. The van der Waals surface area contributed by atoms with E-state index >= 15 is 0 Å². The fourth-order valence-corrected chi connectivity index (χ4v) is 3.70. The molecule has 0 heterocycles. The first-order chi connectivity index (χ1) is 8.63. The fourth-order valence-electron chi connectivity index (χ4n) is 1.61. The summed E-state index contributed by atoms with van der Waals surface area (Å²) in [4.78, 5) is 0. The van der Waals surface area contributed by atoms with Gasteiger partial charge in [0.25, 0.3) is 0 Å². The minimum atomic E-state index is -1.85. The summed E-state index contributed by atoms with van der Waals surface area (Å²) in [6, 6.07) is 10.1. The van der Waals surface area contributed by atoms with Crippen LogP contribution in [0.2, 0.25) is 18.1 Å². The number of hydrogen-bond donors (Lipinski definition) is 0. The molecule has 0 fully saturated rings. The standard InChI is InChI=1S/C15H26O2SSi/c1-15(2,3)19(5,6)17-14(12-18(4)16)13-10-8-7-9-11-13/h7-11,14H,12H2,1-6H3/t14-,18-/m0/s1. The molecule has 4 heteroatoms. The lowest BCUT2D eigenvalue weighted by molar-refractivity contribution is 0.206. The van der Waals surface area contributed by atoms with Crippen molar-refractivity contribution >= 4 is 19.1 Å². The van der Waals surface area contributed by atoms with Crippen LogP contribution >= 0.6 is 0 Å². The van der Waals surface area contributed by atoms with Gasteiger partial charge in [-0.3, -0.25) is 4.21 Å². The van der Waals surface area contributed by atoms with Crippen molar-refractivity contribution in [2.24, 2.45) is 0 Å². The lowest BCUT2D eigenvalue weighted by Crippen LogP contribution is -2.42. The Morgan fingerprint density at radius 3 is 2.16 bits per heavy atom. The maximum absolute atomic E-state index is 11.6. The van der Waals surface area contributed by atoms with Crippen LogP contribution in [-0.2, 0) is 15.2 Å². The van der Waals surface area contributed by atoms with Crippen molar-refractivity contribution < 1.29 is 8.63 Å². The SMILES string of the molecule is C[S@](=O)C[C@H](O[Si](C)(C)C(C)(C)C)c1ccccc1. The van der Waals surface area contributed by atoms with Crippen molar-refractivity contribution in [1.29, 1.82) is 0 Å². The second kappa shape index (κ2) is 6.33. The first-order valence-corrected chi connectivity index (χ1v) is 11.3. The summed E-state index contributed by atoms with van der Waals surface area (Å²) in [5.74, 6) is 0.566. The zero-order valence-corrected chi connectivity index (χ0v) is 14.7.